The van der Waals surface area contributed by atoms with Crippen molar-refractivity contribution in [2.75, 3.05) is 12.4 Å². The van der Waals surface area contributed by atoms with Crippen LogP contribution in [0.3, 0.4) is 0 Å². The number of anilines is 1. The number of thiazole rings is 1. The van der Waals surface area contributed by atoms with E-state index in [1.807, 2.05) is 24.3 Å². The standard InChI is InChI=1S/C21H12Br2Cl2N2O2S/c1-29-19-12(6-10(22)7-13(19)23)20(28)26-17-8-11(14(24)9-15(17)25)21-27-16-4-2-3-5-18(16)30-21/h2-9H,1H3,(H,26,28). The highest BCUT2D eigenvalue weighted by Crippen LogP contribution is 2.39. The Hall–Kier alpha value is -1.64. The van der Waals surface area contributed by atoms with Crippen molar-refractivity contribution >= 4 is 88.2 Å². The summed E-state index contributed by atoms with van der Waals surface area (Å²) in [6.45, 7) is 0. The Balaban J connectivity index is 1.74. The van der Waals surface area contributed by atoms with Gasteiger partial charge >= 0.3 is 0 Å². The molecule has 3 aromatic carbocycles. The number of carbonyl (C=O) groups is 1. The fraction of sp³-hybridized carbons (Fsp3) is 0.0476. The topological polar surface area (TPSA) is 51.2 Å². The summed E-state index contributed by atoms with van der Waals surface area (Å²) in [5.74, 6) is 0.0560. The summed E-state index contributed by atoms with van der Waals surface area (Å²) in [4.78, 5) is 17.6. The molecule has 0 aliphatic carbocycles. The molecule has 0 bridgehead atoms. The average Bonchev–Trinajstić information content (AvgIpc) is 3.13. The van der Waals surface area contributed by atoms with Gasteiger partial charge < -0.3 is 10.1 Å². The predicted octanol–water partition coefficient (Wildman–Crippen LogP) is 8.06. The van der Waals surface area contributed by atoms with Crippen LogP contribution in [0, 0.1) is 0 Å². The van der Waals surface area contributed by atoms with Crippen molar-refractivity contribution in [2.24, 2.45) is 0 Å². The lowest BCUT2D eigenvalue weighted by atomic mass is 10.1. The number of carbonyl (C=O) groups excluding carboxylic acids is 1. The molecule has 30 heavy (non-hydrogen) atoms. The Kier molecular flexibility index (Phi) is 6.36. The van der Waals surface area contributed by atoms with E-state index in [4.69, 9.17) is 27.9 Å². The van der Waals surface area contributed by atoms with Gasteiger partial charge in [0.1, 0.15) is 10.8 Å². The minimum Gasteiger partial charge on any atom is -0.495 e. The summed E-state index contributed by atoms with van der Waals surface area (Å²) in [7, 11) is 1.51. The van der Waals surface area contributed by atoms with Gasteiger partial charge in [-0.15, -0.1) is 11.3 Å². The summed E-state index contributed by atoms with van der Waals surface area (Å²) < 4.78 is 7.81. The fourth-order valence-electron chi connectivity index (χ4n) is 2.92. The molecule has 0 spiro atoms. The van der Waals surface area contributed by atoms with Crippen LogP contribution in [0.25, 0.3) is 20.8 Å². The molecule has 4 nitrogen and oxygen atoms in total. The molecule has 4 aromatic rings. The number of nitrogens with one attached hydrogen (secondary N) is 1. The second-order valence-corrected chi connectivity index (χ2v) is 9.84. The molecule has 1 amide bonds. The second kappa shape index (κ2) is 8.85. The van der Waals surface area contributed by atoms with Crippen LogP contribution in [-0.4, -0.2) is 18.0 Å². The monoisotopic (exact) mass is 584 g/mol. The van der Waals surface area contributed by atoms with Gasteiger partial charge in [-0.25, -0.2) is 4.98 Å². The van der Waals surface area contributed by atoms with Crippen LogP contribution in [0.1, 0.15) is 10.4 Å². The molecule has 0 radical (unpaired) electrons. The number of benzene rings is 3. The largest absolute Gasteiger partial charge is 0.495 e. The van der Waals surface area contributed by atoms with Crippen molar-refractivity contribution in [2.45, 2.75) is 0 Å². The molecule has 1 heterocycles. The van der Waals surface area contributed by atoms with E-state index in [2.05, 4.69) is 42.2 Å². The molecule has 1 N–H and O–H groups in total. The first-order valence-corrected chi connectivity index (χ1v) is 11.7. The molecule has 0 unspecified atom stereocenters. The Labute approximate surface area is 203 Å². The van der Waals surface area contributed by atoms with Crippen molar-refractivity contribution in [3.8, 4) is 16.3 Å². The summed E-state index contributed by atoms with van der Waals surface area (Å²) >= 11 is 21.1. The first kappa shape index (κ1) is 21.6. The van der Waals surface area contributed by atoms with Crippen molar-refractivity contribution in [1.29, 1.82) is 0 Å². The van der Waals surface area contributed by atoms with Crippen LogP contribution in [0.15, 0.2) is 57.5 Å². The van der Waals surface area contributed by atoms with Crippen molar-refractivity contribution < 1.29 is 9.53 Å². The first-order chi connectivity index (χ1) is 14.4. The van der Waals surface area contributed by atoms with Crippen LogP contribution in [0.2, 0.25) is 10.0 Å². The number of halogens is 4. The number of amides is 1. The lowest BCUT2D eigenvalue weighted by Crippen LogP contribution is -2.14. The number of nitrogens with zero attached hydrogens (tertiary/aromatic N) is 1. The van der Waals surface area contributed by atoms with Crippen molar-refractivity contribution in [3.63, 3.8) is 0 Å². The summed E-state index contributed by atoms with van der Waals surface area (Å²) in [6, 6.07) is 14.7. The minimum atomic E-state index is -0.367. The Bertz CT molecular complexity index is 1260. The maximum atomic E-state index is 13.0. The number of rotatable bonds is 4. The van der Waals surface area contributed by atoms with Crippen LogP contribution < -0.4 is 10.1 Å². The summed E-state index contributed by atoms with van der Waals surface area (Å²) in [5.41, 5.74) is 2.36. The van der Waals surface area contributed by atoms with E-state index in [1.54, 1.807) is 24.3 Å². The smallest absolute Gasteiger partial charge is 0.259 e. The van der Waals surface area contributed by atoms with Gasteiger partial charge in [0.05, 0.1) is 43.1 Å². The quantitative estimate of drug-likeness (QED) is 0.263. The fourth-order valence-corrected chi connectivity index (χ4v) is 5.88. The molecular weight excluding hydrogens is 575 g/mol. The lowest BCUT2D eigenvalue weighted by Gasteiger charge is -2.13. The molecule has 0 saturated heterocycles. The Morgan fingerprint density at radius 3 is 2.60 bits per heavy atom. The van der Waals surface area contributed by atoms with Gasteiger partial charge in [-0.3, -0.25) is 4.79 Å². The molecule has 0 atom stereocenters. The number of hydrogen-bond acceptors (Lipinski definition) is 4. The number of methoxy groups -OCH3 is 1. The van der Waals surface area contributed by atoms with Gasteiger partial charge in [0.25, 0.3) is 5.91 Å². The van der Waals surface area contributed by atoms with Gasteiger partial charge in [-0.2, -0.15) is 0 Å². The number of aromatic nitrogens is 1. The molecule has 1 aromatic heterocycles. The molecule has 0 aliphatic heterocycles. The normalized spacial score (nSPS) is 11.0. The van der Waals surface area contributed by atoms with Gasteiger partial charge in [-0.05, 0) is 52.3 Å². The molecule has 9 heteroatoms. The number of para-hydroxylation sites is 1. The predicted molar refractivity (Wildman–Crippen MR) is 131 cm³/mol. The number of ether oxygens (including phenoxy) is 1. The Morgan fingerprint density at radius 2 is 1.87 bits per heavy atom. The van der Waals surface area contributed by atoms with Crippen LogP contribution in [0.4, 0.5) is 5.69 Å². The number of fused-ring (bicyclic) bond motifs is 1. The van der Waals surface area contributed by atoms with E-state index >= 15 is 0 Å². The van der Waals surface area contributed by atoms with E-state index in [0.29, 0.717) is 37.1 Å². The SMILES string of the molecule is COc1c(Br)cc(Br)cc1C(=O)Nc1cc(-c2nc3ccccc3s2)c(Cl)cc1Cl. The van der Waals surface area contributed by atoms with E-state index in [-0.39, 0.29) is 5.91 Å². The van der Waals surface area contributed by atoms with Gasteiger partial charge in [0.15, 0.2) is 0 Å². The number of hydrogen-bond donors (Lipinski definition) is 1. The third-order valence-corrected chi connectivity index (χ3v) is 7.03. The van der Waals surface area contributed by atoms with E-state index in [1.165, 1.54) is 18.4 Å². The van der Waals surface area contributed by atoms with Crippen LogP contribution in [-0.2, 0) is 0 Å². The molecule has 152 valence electrons. The van der Waals surface area contributed by atoms with E-state index in [9.17, 15) is 4.79 Å². The zero-order valence-electron chi connectivity index (χ0n) is 15.3. The highest BCUT2D eigenvalue weighted by molar-refractivity contribution is 9.11. The highest BCUT2D eigenvalue weighted by atomic mass is 79.9. The minimum absolute atomic E-state index is 0.325. The third kappa shape index (κ3) is 4.22. The van der Waals surface area contributed by atoms with Gasteiger partial charge in [-0.1, -0.05) is 51.3 Å². The molecule has 0 fully saturated rings. The first-order valence-electron chi connectivity index (χ1n) is 8.56. The molecule has 0 saturated carbocycles. The maximum absolute atomic E-state index is 13.0. The third-order valence-electron chi connectivity index (χ3n) is 4.29. The second-order valence-electron chi connectivity index (χ2n) is 6.22. The zero-order valence-corrected chi connectivity index (χ0v) is 20.8. The van der Waals surface area contributed by atoms with Crippen LogP contribution >= 0.6 is 66.4 Å². The highest BCUT2D eigenvalue weighted by Gasteiger charge is 2.19. The van der Waals surface area contributed by atoms with E-state index in [0.717, 1.165) is 19.7 Å². The summed E-state index contributed by atoms with van der Waals surface area (Å²) in [6.07, 6.45) is 0. The van der Waals surface area contributed by atoms with Crippen molar-refractivity contribution in [3.05, 3.63) is 73.1 Å². The zero-order chi connectivity index (χ0) is 21.4. The van der Waals surface area contributed by atoms with E-state index < -0.39 is 0 Å². The van der Waals surface area contributed by atoms with Gasteiger partial charge in [0.2, 0.25) is 0 Å². The Morgan fingerprint density at radius 1 is 1.10 bits per heavy atom. The van der Waals surface area contributed by atoms with Gasteiger partial charge in [0, 0.05) is 10.0 Å². The molecule has 4 rings (SSSR count). The summed E-state index contributed by atoms with van der Waals surface area (Å²) in [5, 5.41) is 4.38. The maximum Gasteiger partial charge on any atom is 0.259 e. The van der Waals surface area contributed by atoms with Crippen LogP contribution in [0.5, 0.6) is 5.75 Å². The average molecular weight is 587 g/mol. The lowest BCUT2D eigenvalue weighted by molar-refractivity contribution is 0.102. The molecular formula is C21H12Br2Cl2N2O2S. The molecule has 0 aliphatic rings. The van der Waals surface area contributed by atoms with Crippen molar-refractivity contribution in [1.82, 2.24) is 4.98 Å².